The van der Waals surface area contributed by atoms with Crippen molar-refractivity contribution >= 4 is 38.8 Å². The third-order valence-corrected chi connectivity index (χ3v) is 6.82. The number of carbonyl (C=O) groups excluding carboxylic acids is 1. The molecule has 0 bridgehead atoms. The number of hydrogen-bond acceptors (Lipinski definition) is 5. The molecule has 0 N–H and O–H groups in total. The van der Waals surface area contributed by atoms with Crippen molar-refractivity contribution in [3.63, 3.8) is 0 Å². The zero-order valence-corrected chi connectivity index (χ0v) is 14.7. The van der Waals surface area contributed by atoms with Gasteiger partial charge in [-0.1, -0.05) is 32.4 Å². The van der Waals surface area contributed by atoms with E-state index in [1.807, 2.05) is 20.8 Å². The highest BCUT2D eigenvalue weighted by Gasteiger charge is 2.42. The summed E-state index contributed by atoms with van der Waals surface area (Å²) in [6, 6.07) is 3.19. The molecule has 0 unspecified atom stereocenters. The number of nitrogens with zero attached hydrogens (tertiary/aromatic N) is 1. The van der Waals surface area contributed by atoms with E-state index in [0.29, 0.717) is 24.2 Å². The summed E-state index contributed by atoms with van der Waals surface area (Å²) in [5.41, 5.74) is 0.340. The lowest BCUT2D eigenvalue weighted by molar-refractivity contribution is -0.112. The number of sulfone groups is 1. The topological polar surface area (TPSA) is 77.2 Å². The summed E-state index contributed by atoms with van der Waals surface area (Å²) in [6.07, 6.45) is 1.47. The van der Waals surface area contributed by atoms with Gasteiger partial charge in [-0.05, 0) is 25.0 Å². The van der Waals surface area contributed by atoms with Gasteiger partial charge in [0.25, 0.3) is 0 Å². The SMILES string of the molecule is CC(C)(C)c1nc2ccc(Cl)c(S(=O)(=O)[C@H]3C[C@H](C=O)C3)c2o1. The van der Waals surface area contributed by atoms with E-state index in [0.717, 1.165) is 6.29 Å². The van der Waals surface area contributed by atoms with Crippen molar-refractivity contribution < 1.29 is 17.6 Å². The molecule has 2 aromatic rings. The van der Waals surface area contributed by atoms with Crippen LogP contribution in [0.25, 0.3) is 11.1 Å². The Morgan fingerprint density at radius 1 is 1.30 bits per heavy atom. The monoisotopic (exact) mass is 355 g/mol. The zero-order valence-electron chi connectivity index (χ0n) is 13.2. The average Bonchev–Trinajstić information content (AvgIpc) is 2.80. The molecule has 1 heterocycles. The number of hydrogen-bond donors (Lipinski definition) is 0. The summed E-state index contributed by atoms with van der Waals surface area (Å²) in [5, 5.41) is -0.465. The van der Waals surface area contributed by atoms with E-state index < -0.39 is 15.1 Å². The first-order valence-corrected chi connectivity index (χ1v) is 9.35. The average molecular weight is 356 g/mol. The fraction of sp³-hybridized carbons (Fsp3) is 0.500. The molecule has 1 aromatic carbocycles. The van der Waals surface area contributed by atoms with Crippen LogP contribution in [0.2, 0.25) is 5.02 Å². The molecule has 3 rings (SSSR count). The van der Waals surface area contributed by atoms with E-state index in [9.17, 15) is 13.2 Å². The van der Waals surface area contributed by atoms with Crippen LogP contribution in [0.5, 0.6) is 0 Å². The second-order valence-corrected chi connectivity index (χ2v) is 9.60. The van der Waals surface area contributed by atoms with Crippen LogP contribution in [-0.2, 0) is 20.0 Å². The van der Waals surface area contributed by atoms with Crippen LogP contribution in [-0.4, -0.2) is 24.9 Å². The summed E-state index contributed by atoms with van der Waals surface area (Å²) in [7, 11) is -3.66. The molecule has 124 valence electrons. The van der Waals surface area contributed by atoms with Crippen molar-refractivity contribution in [2.45, 2.75) is 49.2 Å². The molecule has 1 aliphatic rings. The lowest BCUT2D eigenvalue weighted by Crippen LogP contribution is -2.36. The Balaban J connectivity index is 2.15. The third kappa shape index (κ3) is 2.68. The Kier molecular flexibility index (Phi) is 3.80. The van der Waals surface area contributed by atoms with E-state index in [2.05, 4.69) is 4.98 Å². The molecule has 0 aliphatic heterocycles. The minimum atomic E-state index is -3.66. The van der Waals surface area contributed by atoms with E-state index in [1.165, 1.54) is 6.07 Å². The second-order valence-electron chi connectivity index (χ2n) is 7.03. The minimum absolute atomic E-state index is 0.00554. The van der Waals surface area contributed by atoms with Crippen LogP contribution in [0.1, 0.15) is 39.5 Å². The Hall–Kier alpha value is -1.40. The van der Waals surface area contributed by atoms with Gasteiger partial charge in [-0.15, -0.1) is 0 Å². The van der Waals surface area contributed by atoms with Gasteiger partial charge in [0.05, 0.1) is 10.3 Å². The predicted molar refractivity (Wildman–Crippen MR) is 87.5 cm³/mol. The normalized spacial score (nSPS) is 22.1. The molecule has 7 heteroatoms. The molecule has 1 fully saturated rings. The van der Waals surface area contributed by atoms with Gasteiger partial charge >= 0.3 is 0 Å². The quantitative estimate of drug-likeness (QED) is 0.787. The fourth-order valence-corrected chi connectivity index (χ4v) is 5.22. The van der Waals surface area contributed by atoms with E-state index >= 15 is 0 Å². The van der Waals surface area contributed by atoms with Gasteiger partial charge in [-0.25, -0.2) is 13.4 Å². The number of benzene rings is 1. The first-order chi connectivity index (χ1) is 10.6. The molecular weight excluding hydrogens is 338 g/mol. The molecule has 23 heavy (non-hydrogen) atoms. The molecule has 5 nitrogen and oxygen atoms in total. The minimum Gasteiger partial charge on any atom is -0.439 e. The smallest absolute Gasteiger partial charge is 0.200 e. The van der Waals surface area contributed by atoms with E-state index in [1.54, 1.807) is 6.07 Å². The van der Waals surface area contributed by atoms with E-state index in [-0.39, 0.29) is 26.8 Å². The predicted octanol–water partition coefficient (Wildman–Crippen LogP) is 3.53. The van der Waals surface area contributed by atoms with Crippen molar-refractivity contribution in [2.24, 2.45) is 5.92 Å². The van der Waals surface area contributed by atoms with Gasteiger partial charge in [0.1, 0.15) is 16.7 Å². The largest absolute Gasteiger partial charge is 0.439 e. The summed E-state index contributed by atoms with van der Waals surface area (Å²) in [4.78, 5) is 15.1. The maximum Gasteiger partial charge on any atom is 0.200 e. The Bertz CT molecular complexity index is 873. The highest BCUT2D eigenvalue weighted by molar-refractivity contribution is 7.92. The van der Waals surface area contributed by atoms with Crippen LogP contribution < -0.4 is 0 Å². The highest BCUT2D eigenvalue weighted by atomic mass is 35.5. The van der Waals surface area contributed by atoms with Crippen LogP contribution in [0.15, 0.2) is 21.4 Å². The fourth-order valence-electron chi connectivity index (χ4n) is 2.67. The number of aldehydes is 1. The molecule has 0 amide bonds. The van der Waals surface area contributed by atoms with Gasteiger partial charge in [0, 0.05) is 11.3 Å². The number of carbonyl (C=O) groups is 1. The van der Waals surface area contributed by atoms with Crippen LogP contribution in [0.4, 0.5) is 0 Å². The summed E-state index contributed by atoms with van der Waals surface area (Å²) < 4.78 is 31.5. The maximum absolute atomic E-state index is 12.9. The lowest BCUT2D eigenvalue weighted by Gasteiger charge is -2.31. The van der Waals surface area contributed by atoms with Gasteiger partial charge < -0.3 is 9.21 Å². The number of rotatable bonds is 3. The standard InChI is InChI=1S/C16H18ClNO4S/c1-16(2,3)15-18-12-5-4-11(17)14(13(12)22-15)23(20,21)10-6-9(7-10)8-19/h4-5,8-10H,6-7H2,1-3H3/t9-,10-. The third-order valence-electron chi connectivity index (χ3n) is 4.15. The number of halogens is 1. The van der Waals surface area contributed by atoms with E-state index in [4.69, 9.17) is 16.0 Å². The number of fused-ring (bicyclic) bond motifs is 1. The number of oxazole rings is 1. The zero-order chi connectivity index (χ0) is 17.0. The molecule has 0 atom stereocenters. The van der Waals surface area contributed by atoms with Gasteiger partial charge in [0.2, 0.25) is 5.89 Å². The summed E-state index contributed by atoms with van der Waals surface area (Å²) >= 11 is 6.17. The Morgan fingerprint density at radius 2 is 1.96 bits per heavy atom. The molecule has 0 radical (unpaired) electrons. The van der Waals surface area contributed by atoms with Crippen molar-refractivity contribution in [2.75, 3.05) is 0 Å². The van der Waals surface area contributed by atoms with Gasteiger partial charge in [-0.3, -0.25) is 0 Å². The number of aromatic nitrogens is 1. The highest BCUT2D eigenvalue weighted by Crippen LogP contribution is 2.41. The molecular formula is C16H18ClNO4S. The maximum atomic E-state index is 12.9. The Morgan fingerprint density at radius 3 is 2.52 bits per heavy atom. The van der Waals surface area contributed by atoms with Crippen LogP contribution in [0.3, 0.4) is 0 Å². The van der Waals surface area contributed by atoms with Crippen molar-refractivity contribution in [3.05, 3.63) is 23.0 Å². The van der Waals surface area contributed by atoms with Crippen molar-refractivity contribution in [1.29, 1.82) is 0 Å². The van der Waals surface area contributed by atoms with Crippen molar-refractivity contribution in [3.8, 4) is 0 Å². The first kappa shape index (κ1) is 16.5. The van der Waals surface area contributed by atoms with Crippen molar-refractivity contribution in [1.82, 2.24) is 4.98 Å². The molecule has 1 aliphatic carbocycles. The molecule has 1 aromatic heterocycles. The molecule has 0 spiro atoms. The van der Waals surface area contributed by atoms with Gasteiger partial charge in [-0.2, -0.15) is 0 Å². The molecule has 0 saturated heterocycles. The Labute approximate surface area is 139 Å². The van der Waals surface area contributed by atoms with Crippen LogP contribution in [0, 0.1) is 5.92 Å². The summed E-state index contributed by atoms with van der Waals surface area (Å²) in [6.45, 7) is 5.82. The van der Waals surface area contributed by atoms with Crippen LogP contribution >= 0.6 is 11.6 Å². The summed E-state index contributed by atoms with van der Waals surface area (Å²) in [5.74, 6) is 0.276. The lowest BCUT2D eigenvalue weighted by atomic mass is 9.86. The molecule has 1 saturated carbocycles. The van der Waals surface area contributed by atoms with Gasteiger partial charge in [0.15, 0.2) is 15.4 Å². The first-order valence-electron chi connectivity index (χ1n) is 7.43. The second kappa shape index (κ2) is 5.31.